The van der Waals surface area contributed by atoms with Crippen molar-refractivity contribution >= 4 is 11.8 Å². The molecule has 0 saturated heterocycles. The zero-order valence-electron chi connectivity index (χ0n) is 14.4. The van der Waals surface area contributed by atoms with Crippen LogP contribution >= 0.6 is 0 Å². The van der Waals surface area contributed by atoms with E-state index in [0.717, 1.165) is 10.7 Å². The van der Waals surface area contributed by atoms with Crippen LogP contribution in [0.25, 0.3) is 5.69 Å². The van der Waals surface area contributed by atoms with Crippen LogP contribution in [-0.2, 0) is 0 Å². The van der Waals surface area contributed by atoms with Gasteiger partial charge in [-0.05, 0) is 32.0 Å². The largest absolute Gasteiger partial charge is 0.469 e. The van der Waals surface area contributed by atoms with E-state index in [0.29, 0.717) is 11.5 Å². The highest BCUT2D eigenvalue weighted by atomic mass is 19.1. The topological polar surface area (TPSA) is 106 Å². The molecule has 0 fully saturated rings. The van der Waals surface area contributed by atoms with Crippen LogP contribution in [0.4, 0.5) is 4.39 Å². The Balaban J connectivity index is 1.86. The van der Waals surface area contributed by atoms with Gasteiger partial charge in [0.15, 0.2) is 5.69 Å². The van der Waals surface area contributed by atoms with Gasteiger partial charge in [0.1, 0.15) is 17.3 Å². The number of hydrazine groups is 1. The standard InChI is InChI=1S/C18H15FN4O4/c1-10-9-15(24)16(22-23(10)14-6-4-3-5-13(14)19)18(26)21-20-17(25)12-7-8-27-11(12)2/h3-9H,1-2H3,(H,20,25)(H,21,26). The molecule has 0 bridgehead atoms. The molecule has 2 amide bonds. The molecular weight excluding hydrogens is 355 g/mol. The van der Waals surface area contributed by atoms with Gasteiger partial charge in [-0.2, -0.15) is 5.10 Å². The highest BCUT2D eigenvalue weighted by molar-refractivity contribution is 5.98. The number of para-hydroxylation sites is 1. The lowest BCUT2D eigenvalue weighted by molar-refractivity contribution is 0.0841. The van der Waals surface area contributed by atoms with E-state index in [2.05, 4.69) is 16.0 Å². The van der Waals surface area contributed by atoms with Gasteiger partial charge >= 0.3 is 0 Å². The smallest absolute Gasteiger partial charge is 0.294 e. The second-order valence-corrected chi connectivity index (χ2v) is 5.66. The maximum absolute atomic E-state index is 14.0. The minimum absolute atomic E-state index is 0.0853. The number of hydrogen-bond donors (Lipinski definition) is 2. The van der Waals surface area contributed by atoms with Crippen LogP contribution in [0.1, 0.15) is 32.3 Å². The number of hydrogen-bond acceptors (Lipinski definition) is 5. The van der Waals surface area contributed by atoms with Crippen LogP contribution in [0.5, 0.6) is 0 Å². The molecule has 0 atom stereocenters. The zero-order chi connectivity index (χ0) is 19.6. The van der Waals surface area contributed by atoms with E-state index in [-0.39, 0.29) is 11.3 Å². The Morgan fingerprint density at radius 3 is 2.48 bits per heavy atom. The van der Waals surface area contributed by atoms with Crippen molar-refractivity contribution in [3.63, 3.8) is 0 Å². The number of aryl methyl sites for hydroxylation is 2. The van der Waals surface area contributed by atoms with E-state index in [9.17, 15) is 18.8 Å². The normalized spacial score (nSPS) is 10.5. The highest BCUT2D eigenvalue weighted by Crippen LogP contribution is 2.13. The SMILES string of the molecule is Cc1occc1C(=O)NNC(=O)c1nn(-c2ccccc2F)c(C)cc1=O. The van der Waals surface area contributed by atoms with Crippen molar-refractivity contribution in [2.24, 2.45) is 0 Å². The summed E-state index contributed by atoms with van der Waals surface area (Å²) in [6.07, 6.45) is 1.33. The summed E-state index contributed by atoms with van der Waals surface area (Å²) in [5.74, 6) is -1.74. The van der Waals surface area contributed by atoms with Gasteiger partial charge in [0.2, 0.25) is 5.43 Å². The number of benzene rings is 1. The molecule has 3 aromatic rings. The molecule has 0 aliphatic rings. The fourth-order valence-electron chi connectivity index (χ4n) is 2.43. The van der Waals surface area contributed by atoms with Gasteiger partial charge in [0.25, 0.3) is 11.8 Å². The second-order valence-electron chi connectivity index (χ2n) is 5.66. The molecule has 138 valence electrons. The van der Waals surface area contributed by atoms with Gasteiger partial charge in [0, 0.05) is 11.8 Å². The van der Waals surface area contributed by atoms with E-state index in [1.807, 2.05) is 0 Å². The van der Waals surface area contributed by atoms with Crippen molar-refractivity contribution in [3.05, 3.63) is 81.4 Å². The summed E-state index contributed by atoms with van der Waals surface area (Å²) >= 11 is 0. The summed E-state index contributed by atoms with van der Waals surface area (Å²) < 4.78 is 20.2. The predicted molar refractivity (Wildman–Crippen MR) is 92.9 cm³/mol. The number of nitrogens with zero attached hydrogens (tertiary/aromatic N) is 2. The third kappa shape index (κ3) is 3.61. The lowest BCUT2D eigenvalue weighted by Gasteiger charge is -2.12. The average Bonchev–Trinajstić information content (AvgIpc) is 3.06. The number of nitrogens with one attached hydrogen (secondary N) is 2. The molecule has 0 aliphatic heterocycles. The number of carbonyl (C=O) groups is 2. The number of halogens is 1. The first-order valence-electron chi connectivity index (χ1n) is 7.89. The fourth-order valence-corrected chi connectivity index (χ4v) is 2.43. The first-order chi connectivity index (χ1) is 12.9. The Hall–Kier alpha value is -3.75. The van der Waals surface area contributed by atoms with Crippen molar-refractivity contribution < 1.29 is 18.4 Å². The molecule has 2 heterocycles. The van der Waals surface area contributed by atoms with E-state index >= 15 is 0 Å². The van der Waals surface area contributed by atoms with Crippen LogP contribution in [0, 0.1) is 19.7 Å². The number of furan rings is 1. The molecule has 1 aromatic carbocycles. The van der Waals surface area contributed by atoms with Crippen molar-refractivity contribution in [3.8, 4) is 5.69 Å². The molecule has 9 heteroatoms. The summed E-state index contributed by atoms with van der Waals surface area (Å²) in [6, 6.07) is 8.41. The maximum atomic E-state index is 14.0. The van der Waals surface area contributed by atoms with Gasteiger partial charge in [-0.15, -0.1) is 0 Å². The van der Waals surface area contributed by atoms with Crippen molar-refractivity contribution in [2.45, 2.75) is 13.8 Å². The molecule has 27 heavy (non-hydrogen) atoms. The van der Waals surface area contributed by atoms with Crippen LogP contribution in [0.2, 0.25) is 0 Å². The van der Waals surface area contributed by atoms with Crippen molar-refractivity contribution in [2.75, 3.05) is 0 Å². The number of carbonyl (C=O) groups excluding carboxylic acids is 2. The molecule has 2 N–H and O–H groups in total. The maximum Gasteiger partial charge on any atom is 0.294 e. The van der Waals surface area contributed by atoms with E-state index in [1.165, 1.54) is 30.5 Å². The number of rotatable bonds is 3. The molecule has 0 unspecified atom stereocenters. The number of amides is 2. The van der Waals surface area contributed by atoms with Crippen LogP contribution in [-0.4, -0.2) is 21.6 Å². The minimum atomic E-state index is -0.931. The second kappa shape index (κ2) is 7.24. The highest BCUT2D eigenvalue weighted by Gasteiger charge is 2.18. The van der Waals surface area contributed by atoms with Crippen molar-refractivity contribution in [1.29, 1.82) is 0 Å². The Labute approximate surface area is 152 Å². The molecule has 2 aromatic heterocycles. The van der Waals surface area contributed by atoms with Gasteiger partial charge in [-0.1, -0.05) is 12.1 Å². The Kier molecular flexibility index (Phi) is 4.84. The summed E-state index contributed by atoms with van der Waals surface area (Å²) in [7, 11) is 0. The monoisotopic (exact) mass is 370 g/mol. The Bertz CT molecular complexity index is 1090. The molecule has 8 nitrogen and oxygen atoms in total. The Morgan fingerprint density at radius 2 is 1.81 bits per heavy atom. The van der Waals surface area contributed by atoms with Gasteiger partial charge in [-0.25, -0.2) is 9.07 Å². The van der Waals surface area contributed by atoms with Crippen LogP contribution in [0.3, 0.4) is 0 Å². The first-order valence-corrected chi connectivity index (χ1v) is 7.89. The quantitative estimate of drug-likeness (QED) is 0.682. The molecular formula is C18H15FN4O4. The molecule has 3 rings (SSSR count). The minimum Gasteiger partial charge on any atom is -0.469 e. The fraction of sp³-hybridized carbons (Fsp3) is 0.111. The van der Waals surface area contributed by atoms with E-state index in [1.54, 1.807) is 19.9 Å². The lowest BCUT2D eigenvalue weighted by atomic mass is 10.2. The summed E-state index contributed by atoms with van der Waals surface area (Å²) in [5.41, 5.74) is 3.81. The molecule has 0 aliphatic carbocycles. The van der Waals surface area contributed by atoms with Gasteiger partial charge in [0.05, 0.1) is 11.8 Å². The molecule has 0 radical (unpaired) electrons. The lowest BCUT2D eigenvalue weighted by Crippen LogP contribution is -2.44. The van der Waals surface area contributed by atoms with Crippen LogP contribution in [0.15, 0.2) is 51.9 Å². The average molecular weight is 370 g/mol. The molecule has 0 saturated carbocycles. The zero-order valence-corrected chi connectivity index (χ0v) is 14.4. The van der Waals surface area contributed by atoms with E-state index < -0.39 is 28.8 Å². The summed E-state index contributed by atoms with van der Waals surface area (Å²) in [5, 5.41) is 3.94. The summed E-state index contributed by atoms with van der Waals surface area (Å²) in [4.78, 5) is 36.4. The Morgan fingerprint density at radius 1 is 1.11 bits per heavy atom. The van der Waals surface area contributed by atoms with Gasteiger partial charge < -0.3 is 4.42 Å². The third-order valence-corrected chi connectivity index (χ3v) is 3.80. The number of aromatic nitrogens is 2. The third-order valence-electron chi connectivity index (χ3n) is 3.80. The first kappa shape index (κ1) is 18.1. The van der Waals surface area contributed by atoms with Crippen LogP contribution < -0.4 is 16.3 Å². The summed E-state index contributed by atoms with van der Waals surface area (Å²) in [6.45, 7) is 3.15. The predicted octanol–water partition coefficient (Wildman–Crippen LogP) is 1.66. The van der Waals surface area contributed by atoms with Gasteiger partial charge in [-0.3, -0.25) is 25.2 Å². The van der Waals surface area contributed by atoms with E-state index in [4.69, 9.17) is 4.42 Å². The molecule has 0 spiro atoms. The van der Waals surface area contributed by atoms with Crippen molar-refractivity contribution in [1.82, 2.24) is 20.6 Å².